The van der Waals surface area contributed by atoms with Gasteiger partial charge in [0.05, 0.1) is 9.95 Å². The van der Waals surface area contributed by atoms with E-state index in [1.807, 2.05) is 0 Å². The van der Waals surface area contributed by atoms with E-state index >= 15 is 0 Å². The van der Waals surface area contributed by atoms with Gasteiger partial charge in [0.15, 0.2) is 0 Å². The normalized spacial score (nSPS) is 14.8. The molecular formula is C18H18ClN3O5S. The van der Waals surface area contributed by atoms with Crippen molar-refractivity contribution in [3.8, 4) is 0 Å². The Bertz CT molecular complexity index is 1050. The molecule has 1 amide bonds. The molecule has 0 atom stereocenters. The Balaban J connectivity index is 1.88. The van der Waals surface area contributed by atoms with Crippen molar-refractivity contribution in [3.63, 3.8) is 0 Å². The zero-order valence-corrected chi connectivity index (χ0v) is 16.6. The molecule has 1 fully saturated rings. The molecule has 148 valence electrons. The maximum atomic E-state index is 12.8. The van der Waals surface area contributed by atoms with Gasteiger partial charge in [0.2, 0.25) is 10.0 Å². The first-order valence-corrected chi connectivity index (χ1v) is 10.4. The number of hydrogen-bond acceptors (Lipinski definition) is 5. The number of amides is 1. The van der Waals surface area contributed by atoms with Crippen LogP contribution in [0.1, 0.15) is 28.8 Å². The molecule has 0 spiro atoms. The second kappa shape index (κ2) is 7.86. The van der Waals surface area contributed by atoms with Gasteiger partial charge in [-0.2, -0.15) is 4.31 Å². The van der Waals surface area contributed by atoms with E-state index in [1.165, 1.54) is 40.7 Å². The molecule has 0 aromatic heterocycles. The van der Waals surface area contributed by atoms with E-state index in [4.69, 9.17) is 11.6 Å². The third kappa shape index (κ3) is 4.01. The molecule has 2 aromatic carbocycles. The van der Waals surface area contributed by atoms with Gasteiger partial charge in [-0.25, -0.2) is 8.42 Å². The highest BCUT2D eigenvalue weighted by atomic mass is 35.5. The van der Waals surface area contributed by atoms with Gasteiger partial charge in [0.25, 0.3) is 11.6 Å². The van der Waals surface area contributed by atoms with Crippen molar-refractivity contribution in [1.29, 1.82) is 0 Å². The first kappa shape index (κ1) is 20.2. The number of nitro benzene ring substituents is 1. The second-order valence-electron chi connectivity index (χ2n) is 6.47. The highest BCUT2D eigenvalue weighted by Crippen LogP contribution is 2.30. The Labute approximate surface area is 167 Å². The van der Waals surface area contributed by atoms with Gasteiger partial charge in [-0.1, -0.05) is 17.7 Å². The van der Waals surface area contributed by atoms with Crippen molar-refractivity contribution < 1.29 is 18.1 Å². The number of hydrogen-bond donors (Lipinski definition) is 1. The van der Waals surface area contributed by atoms with Crippen LogP contribution < -0.4 is 5.32 Å². The van der Waals surface area contributed by atoms with E-state index in [-0.39, 0.29) is 26.9 Å². The number of carbonyl (C=O) groups excluding carboxylic acids is 1. The lowest BCUT2D eigenvalue weighted by Crippen LogP contribution is -2.28. The first-order valence-electron chi connectivity index (χ1n) is 8.56. The molecule has 3 rings (SSSR count). The van der Waals surface area contributed by atoms with Crippen LogP contribution in [0.2, 0.25) is 5.02 Å². The maximum absolute atomic E-state index is 12.8. The number of nitrogens with zero attached hydrogens (tertiary/aromatic N) is 2. The molecule has 0 radical (unpaired) electrons. The monoisotopic (exact) mass is 423 g/mol. The summed E-state index contributed by atoms with van der Waals surface area (Å²) in [5, 5.41) is 13.7. The lowest BCUT2D eigenvalue weighted by molar-refractivity contribution is -0.385. The summed E-state index contributed by atoms with van der Waals surface area (Å²) in [4.78, 5) is 22.9. The lowest BCUT2D eigenvalue weighted by Gasteiger charge is -2.17. The second-order valence-corrected chi connectivity index (χ2v) is 8.78. The van der Waals surface area contributed by atoms with Crippen molar-refractivity contribution in [3.05, 3.63) is 62.7 Å². The molecule has 1 saturated heterocycles. The third-order valence-corrected chi connectivity index (χ3v) is 6.92. The number of halogens is 1. The molecule has 2 aromatic rings. The smallest absolute Gasteiger partial charge is 0.273 e. The topological polar surface area (TPSA) is 110 Å². The van der Waals surface area contributed by atoms with E-state index < -0.39 is 20.9 Å². The molecule has 28 heavy (non-hydrogen) atoms. The minimum Gasteiger partial charge on any atom is -0.322 e. The van der Waals surface area contributed by atoms with Crippen LogP contribution in [-0.4, -0.2) is 36.6 Å². The fraction of sp³-hybridized carbons (Fsp3) is 0.278. The van der Waals surface area contributed by atoms with Gasteiger partial charge in [-0.3, -0.25) is 14.9 Å². The number of benzene rings is 2. The summed E-state index contributed by atoms with van der Waals surface area (Å²) in [7, 11) is -3.76. The van der Waals surface area contributed by atoms with E-state index in [2.05, 4.69) is 5.32 Å². The number of anilines is 1. The SMILES string of the molecule is Cc1ccc(C(=O)Nc2ccc(Cl)c(S(=O)(=O)N3CCCC3)c2)cc1[N+](=O)[O-]. The minimum absolute atomic E-state index is 0.0656. The van der Waals surface area contributed by atoms with Gasteiger partial charge in [-0.05, 0) is 44.0 Å². The molecule has 0 bridgehead atoms. The minimum atomic E-state index is -3.76. The van der Waals surface area contributed by atoms with Crippen molar-refractivity contribution in [1.82, 2.24) is 4.31 Å². The maximum Gasteiger partial charge on any atom is 0.273 e. The molecule has 1 aliphatic heterocycles. The fourth-order valence-electron chi connectivity index (χ4n) is 3.00. The zero-order valence-electron chi connectivity index (χ0n) is 15.0. The van der Waals surface area contributed by atoms with E-state index in [1.54, 1.807) is 6.92 Å². The zero-order chi connectivity index (χ0) is 20.5. The molecule has 0 aliphatic carbocycles. The number of rotatable bonds is 5. The summed E-state index contributed by atoms with van der Waals surface area (Å²) in [6.45, 7) is 2.44. The van der Waals surface area contributed by atoms with Crippen LogP contribution in [0.4, 0.5) is 11.4 Å². The summed E-state index contributed by atoms with van der Waals surface area (Å²) in [5.74, 6) is -0.588. The average Bonchev–Trinajstić information content (AvgIpc) is 3.19. The Morgan fingerprint density at radius 1 is 1.18 bits per heavy atom. The Kier molecular flexibility index (Phi) is 5.69. The quantitative estimate of drug-likeness (QED) is 0.583. The van der Waals surface area contributed by atoms with Crippen molar-refractivity contribution in [2.45, 2.75) is 24.7 Å². The Hall–Kier alpha value is -2.49. The van der Waals surface area contributed by atoms with Crippen LogP contribution in [-0.2, 0) is 10.0 Å². The summed E-state index contributed by atoms with van der Waals surface area (Å²) in [5.41, 5.74) is 0.597. The average molecular weight is 424 g/mol. The summed E-state index contributed by atoms with van der Waals surface area (Å²) in [6, 6.07) is 8.32. The highest BCUT2D eigenvalue weighted by Gasteiger charge is 2.29. The van der Waals surface area contributed by atoms with E-state index in [0.29, 0.717) is 18.7 Å². The molecule has 8 nitrogen and oxygen atoms in total. The molecule has 10 heteroatoms. The van der Waals surface area contributed by atoms with E-state index in [9.17, 15) is 23.3 Å². The van der Waals surface area contributed by atoms with Gasteiger partial charge >= 0.3 is 0 Å². The molecule has 0 saturated carbocycles. The molecule has 1 heterocycles. The highest BCUT2D eigenvalue weighted by molar-refractivity contribution is 7.89. The summed E-state index contributed by atoms with van der Waals surface area (Å²) >= 11 is 6.09. The van der Waals surface area contributed by atoms with Crippen LogP contribution in [0.25, 0.3) is 0 Å². The van der Waals surface area contributed by atoms with Crippen LogP contribution in [0.15, 0.2) is 41.3 Å². The Morgan fingerprint density at radius 2 is 1.86 bits per heavy atom. The van der Waals surface area contributed by atoms with E-state index in [0.717, 1.165) is 12.8 Å². The van der Waals surface area contributed by atoms with Gasteiger partial charge < -0.3 is 5.32 Å². The largest absolute Gasteiger partial charge is 0.322 e. The van der Waals surface area contributed by atoms with Gasteiger partial charge in [0.1, 0.15) is 4.90 Å². The molecule has 1 N–H and O–H groups in total. The van der Waals surface area contributed by atoms with Crippen molar-refractivity contribution >= 4 is 38.9 Å². The summed E-state index contributed by atoms with van der Waals surface area (Å²) in [6.07, 6.45) is 1.58. The summed E-state index contributed by atoms with van der Waals surface area (Å²) < 4.78 is 26.9. The van der Waals surface area contributed by atoms with Crippen molar-refractivity contribution in [2.75, 3.05) is 18.4 Å². The number of carbonyl (C=O) groups is 1. The molecule has 0 unspecified atom stereocenters. The van der Waals surface area contributed by atoms with Crippen LogP contribution in [0.5, 0.6) is 0 Å². The van der Waals surface area contributed by atoms with Crippen LogP contribution >= 0.6 is 11.6 Å². The predicted molar refractivity (Wildman–Crippen MR) is 105 cm³/mol. The number of sulfonamides is 1. The molecule has 1 aliphatic rings. The lowest BCUT2D eigenvalue weighted by atomic mass is 10.1. The van der Waals surface area contributed by atoms with Crippen LogP contribution in [0.3, 0.4) is 0 Å². The molecular weight excluding hydrogens is 406 g/mol. The standard InChI is InChI=1S/C18H18ClN3O5S/c1-12-4-5-13(10-16(12)22(24)25)18(23)20-14-6-7-15(19)17(11-14)28(26,27)21-8-2-3-9-21/h4-7,10-11H,2-3,8-9H2,1H3,(H,20,23). The fourth-order valence-corrected chi connectivity index (χ4v) is 5.01. The van der Waals surface area contributed by atoms with Gasteiger partial charge in [-0.15, -0.1) is 0 Å². The third-order valence-electron chi connectivity index (χ3n) is 4.54. The van der Waals surface area contributed by atoms with Crippen molar-refractivity contribution in [2.24, 2.45) is 0 Å². The Morgan fingerprint density at radius 3 is 2.50 bits per heavy atom. The number of nitrogens with one attached hydrogen (secondary N) is 1. The van der Waals surface area contributed by atoms with Crippen LogP contribution in [0, 0.1) is 17.0 Å². The first-order chi connectivity index (χ1) is 13.2. The number of nitro groups is 1. The number of aryl methyl sites for hydroxylation is 1. The predicted octanol–water partition coefficient (Wildman–Crippen LogP) is 3.59. The van der Waals surface area contributed by atoms with Gasteiger partial charge in [0, 0.05) is 36.0 Å².